The number of piperidine rings is 1. The second kappa shape index (κ2) is 4.73. The van der Waals surface area contributed by atoms with Crippen LogP contribution in [-0.2, 0) is 4.74 Å². The van der Waals surface area contributed by atoms with Gasteiger partial charge in [0, 0.05) is 19.7 Å². The molecule has 90 valence electrons. The third-order valence-corrected chi connectivity index (χ3v) is 4.10. The van der Waals surface area contributed by atoms with Crippen molar-refractivity contribution >= 4 is 0 Å². The fourth-order valence-electron chi connectivity index (χ4n) is 2.67. The molecule has 0 aliphatic carbocycles. The molecule has 2 fully saturated rings. The highest BCUT2D eigenvalue weighted by atomic mass is 16.5. The van der Waals surface area contributed by atoms with Gasteiger partial charge in [-0.05, 0) is 31.2 Å². The van der Waals surface area contributed by atoms with E-state index in [0.717, 1.165) is 32.7 Å². The molecular formula is C13H22N2O. The lowest BCUT2D eigenvalue weighted by Gasteiger charge is -2.41. The quantitative estimate of drug-likeness (QED) is 0.717. The molecule has 2 atom stereocenters. The third kappa shape index (κ3) is 2.56. The minimum atomic E-state index is 0.169. The Kier molecular flexibility index (Phi) is 3.51. The number of likely N-dealkylation sites (tertiary alicyclic amines) is 1. The van der Waals surface area contributed by atoms with Crippen LogP contribution in [0.2, 0.25) is 0 Å². The van der Waals surface area contributed by atoms with Gasteiger partial charge in [0.05, 0.1) is 18.1 Å². The largest absolute Gasteiger partial charge is 0.377 e. The second-order valence-electron chi connectivity index (χ2n) is 5.81. The van der Waals surface area contributed by atoms with Crippen molar-refractivity contribution < 1.29 is 4.74 Å². The van der Waals surface area contributed by atoms with Crippen molar-refractivity contribution in [2.24, 2.45) is 11.3 Å². The molecule has 0 N–H and O–H groups in total. The van der Waals surface area contributed by atoms with Crippen LogP contribution in [-0.4, -0.2) is 37.2 Å². The van der Waals surface area contributed by atoms with Crippen LogP contribution in [0.5, 0.6) is 0 Å². The minimum Gasteiger partial charge on any atom is -0.377 e. The van der Waals surface area contributed by atoms with E-state index in [1.165, 1.54) is 12.8 Å². The van der Waals surface area contributed by atoms with Crippen molar-refractivity contribution in [3.63, 3.8) is 0 Å². The Hall–Kier alpha value is -0.590. The van der Waals surface area contributed by atoms with E-state index < -0.39 is 0 Å². The number of nitriles is 1. The first kappa shape index (κ1) is 11.9. The number of nitrogens with zero attached hydrogens (tertiary/aromatic N) is 2. The standard InChI is InChI=1S/C13H22N2O/c1-13(2)5-6-15(9-11(13)8-14)10-12-4-3-7-16-12/h11-12H,3-7,9-10H2,1-2H3. The maximum Gasteiger partial charge on any atom is 0.0702 e. The van der Waals surface area contributed by atoms with E-state index in [0.29, 0.717) is 6.10 Å². The van der Waals surface area contributed by atoms with Gasteiger partial charge in [0.25, 0.3) is 0 Å². The topological polar surface area (TPSA) is 36.3 Å². The van der Waals surface area contributed by atoms with Crippen LogP contribution in [0, 0.1) is 22.7 Å². The number of ether oxygens (including phenoxy) is 1. The summed E-state index contributed by atoms with van der Waals surface area (Å²) in [4.78, 5) is 2.41. The summed E-state index contributed by atoms with van der Waals surface area (Å²) in [5, 5.41) is 9.20. The highest BCUT2D eigenvalue weighted by Gasteiger charge is 2.36. The Morgan fingerprint density at radius 3 is 2.94 bits per heavy atom. The summed E-state index contributed by atoms with van der Waals surface area (Å²) in [6.07, 6.45) is 3.93. The van der Waals surface area contributed by atoms with Gasteiger partial charge in [0.15, 0.2) is 0 Å². The lowest BCUT2D eigenvalue weighted by Crippen LogP contribution is -2.46. The highest BCUT2D eigenvalue weighted by molar-refractivity contribution is 4.98. The van der Waals surface area contributed by atoms with Crippen LogP contribution >= 0.6 is 0 Å². The molecule has 2 saturated heterocycles. The van der Waals surface area contributed by atoms with Crippen molar-refractivity contribution in [2.75, 3.05) is 26.2 Å². The van der Waals surface area contributed by atoms with Crippen molar-refractivity contribution in [3.05, 3.63) is 0 Å². The van der Waals surface area contributed by atoms with E-state index in [2.05, 4.69) is 24.8 Å². The third-order valence-electron chi connectivity index (χ3n) is 4.10. The zero-order chi connectivity index (χ0) is 11.6. The molecule has 0 aromatic heterocycles. The van der Waals surface area contributed by atoms with E-state index in [1.807, 2.05) is 0 Å². The smallest absolute Gasteiger partial charge is 0.0702 e. The van der Waals surface area contributed by atoms with E-state index in [9.17, 15) is 5.26 Å². The van der Waals surface area contributed by atoms with Crippen LogP contribution in [0.1, 0.15) is 33.1 Å². The van der Waals surface area contributed by atoms with Crippen LogP contribution in [0.4, 0.5) is 0 Å². The molecule has 0 amide bonds. The summed E-state index contributed by atoms with van der Waals surface area (Å²) in [7, 11) is 0. The number of rotatable bonds is 2. The average Bonchev–Trinajstić information content (AvgIpc) is 2.73. The zero-order valence-corrected chi connectivity index (χ0v) is 10.4. The molecular weight excluding hydrogens is 200 g/mol. The SMILES string of the molecule is CC1(C)CCN(CC2CCCO2)CC1C#N. The minimum absolute atomic E-state index is 0.169. The van der Waals surface area contributed by atoms with Crippen molar-refractivity contribution in [1.82, 2.24) is 4.90 Å². The summed E-state index contributed by atoms with van der Waals surface area (Å²) >= 11 is 0. The first-order valence-electron chi connectivity index (χ1n) is 6.35. The van der Waals surface area contributed by atoms with Crippen molar-refractivity contribution in [2.45, 2.75) is 39.2 Å². The molecule has 2 aliphatic rings. The molecule has 0 aromatic carbocycles. The molecule has 2 heterocycles. The van der Waals surface area contributed by atoms with E-state index in [4.69, 9.17) is 4.74 Å². The molecule has 0 spiro atoms. The molecule has 0 radical (unpaired) electrons. The summed E-state index contributed by atoms with van der Waals surface area (Å²) in [5.41, 5.74) is 0.182. The van der Waals surface area contributed by atoms with Gasteiger partial charge in [-0.2, -0.15) is 5.26 Å². The first-order chi connectivity index (χ1) is 7.62. The van der Waals surface area contributed by atoms with Crippen molar-refractivity contribution in [3.8, 4) is 6.07 Å². The zero-order valence-electron chi connectivity index (χ0n) is 10.4. The summed E-state index contributed by atoms with van der Waals surface area (Å²) in [6.45, 7) is 8.41. The Morgan fingerprint density at radius 1 is 1.50 bits per heavy atom. The van der Waals surface area contributed by atoms with E-state index >= 15 is 0 Å². The van der Waals surface area contributed by atoms with Gasteiger partial charge in [-0.15, -0.1) is 0 Å². The fourth-order valence-corrected chi connectivity index (χ4v) is 2.67. The molecule has 16 heavy (non-hydrogen) atoms. The molecule has 2 unspecified atom stereocenters. The highest BCUT2D eigenvalue weighted by Crippen LogP contribution is 2.35. The molecule has 3 heteroatoms. The van der Waals surface area contributed by atoms with Gasteiger partial charge >= 0.3 is 0 Å². The lowest BCUT2D eigenvalue weighted by molar-refractivity contribution is 0.0330. The van der Waals surface area contributed by atoms with Gasteiger partial charge in [0.2, 0.25) is 0 Å². The molecule has 0 saturated carbocycles. The van der Waals surface area contributed by atoms with Gasteiger partial charge in [0.1, 0.15) is 0 Å². The fraction of sp³-hybridized carbons (Fsp3) is 0.923. The van der Waals surface area contributed by atoms with Gasteiger partial charge in [-0.25, -0.2) is 0 Å². The average molecular weight is 222 g/mol. The predicted molar refractivity (Wildman–Crippen MR) is 62.9 cm³/mol. The monoisotopic (exact) mass is 222 g/mol. The number of hydrogen-bond acceptors (Lipinski definition) is 3. The van der Waals surface area contributed by atoms with Crippen LogP contribution < -0.4 is 0 Å². The lowest BCUT2D eigenvalue weighted by atomic mass is 9.74. The van der Waals surface area contributed by atoms with Gasteiger partial charge in [-0.1, -0.05) is 13.8 Å². The maximum atomic E-state index is 9.20. The molecule has 0 bridgehead atoms. The van der Waals surface area contributed by atoms with Crippen molar-refractivity contribution in [1.29, 1.82) is 5.26 Å². The Bertz CT molecular complexity index is 276. The van der Waals surface area contributed by atoms with E-state index in [1.54, 1.807) is 0 Å². The predicted octanol–water partition coefficient (Wildman–Crippen LogP) is 2.04. The van der Waals surface area contributed by atoms with Crippen LogP contribution in [0.25, 0.3) is 0 Å². The number of hydrogen-bond donors (Lipinski definition) is 0. The Morgan fingerprint density at radius 2 is 2.31 bits per heavy atom. The first-order valence-corrected chi connectivity index (χ1v) is 6.35. The van der Waals surface area contributed by atoms with Gasteiger partial charge in [-0.3, -0.25) is 4.90 Å². The molecule has 3 nitrogen and oxygen atoms in total. The van der Waals surface area contributed by atoms with Crippen LogP contribution in [0.3, 0.4) is 0 Å². The van der Waals surface area contributed by atoms with Crippen LogP contribution in [0.15, 0.2) is 0 Å². The van der Waals surface area contributed by atoms with Gasteiger partial charge < -0.3 is 4.74 Å². The second-order valence-corrected chi connectivity index (χ2v) is 5.81. The van der Waals surface area contributed by atoms with E-state index in [-0.39, 0.29) is 11.3 Å². The maximum absolute atomic E-state index is 9.20. The summed E-state index contributed by atoms with van der Waals surface area (Å²) < 4.78 is 5.65. The Balaban J connectivity index is 1.87. The molecule has 0 aromatic rings. The summed E-state index contributed by atoms with van der Waals surface area (Å²) in [5.74, 6) is 0.169. The molecule has 2 rings (SSSR count). The molecule has 2 aliphatic heterocycles. The summed E-state index contributed by atoms with van der Waals surface area (Å²) in [6, 6.07) is 2.47. The Labute approximate surface area is 98.4 Å². The normalized spacial score (nSPS) is 34.8.